The molecule has 11 nitrogen and oxygen atoms in total. The van der Waals surface area contributed by atoms with Crippen LogP contribution in [0.3, 0.4) is 0 Å². The first-order chi connectivity index (χ1) is 18.6. The van der Waals surface area contributed by atoms with Gasteiger partial charge in [-0.2, -0.15) is 5.06 Å². The van der Waals surface area contributed by atoms with E-state index in [1.54, 1.807) is 55.5 Å². The molecule has 0 saturated carbocycles. The van der Waals surface area contributed by atoms with E-state index in [2.05, 4.69) is 0 Å². The number of para-hydroxylation sites is 2. The lowest BCUT2D eigenvalue weighted by Gasteiger charge is -2.33. The predicted octanol–water partition coefficient (Wildman–Crippen LogP) is 2.81. The molecular weight excluding hydrogens is 504 g/mol. The van der Waals surface area contributed by atoms with Crippen molar-refractivity contribution in [1.29, 1.82) is 0 Å². The largest absolute Gasteiger partial charge is 0.454 e. The molecule has 11 heteroatoms. The van der Waals surface area contributed by atoms with Gasteiger partial charge in [0.15, 0.2) is 23.7 Å². The molecule has 1 spiro atoms. The van der Waals surface area contributed by atoms with E-state index < -0.39 is 47.5 Å². The normalized spacial score (nSPS) is 26.8. The van der Waals surface area contributed by atoms with E-state index in [1.165, 1.54) is 16.4 Å². The molecule has 202 valence electrons. The lowest BCUT2D eigenvalue weighted by Crippen LogP contribution is -2.50. The Bertz CT molecular complexity index is 1600. The average molecular weight is 533 g/mol. The maximum absolute atomic E-state index is 14.0. The molecule has 1 amide bonds. The third-order valence-electron chi connectivity index (χ3n) is 7.87. The molecule has 0 bridgehead atoms. The summed E-state index contributed by atoms with van der Waals surface area (Å²) in [5, 5.41) is 12.2. The second-order valence-electron chi connectivity index (χ2n) is 10.6. The summed E-state index contributed by atoms with van der Waals surface area (Å²) in [5.41, 5.74) is -0.415. The fraction of sp³-hybridized carbons (Fsp3) is 0.393. The van der Waals surface area contributed by atoms with Gasteiger partial charge in [0.25, 0.3) is 5.56 Å². The van der Waals surface area contributed by atoms with Crippen LogP contribution in [0.4, 0.5) is 5.69 Å². The summed E-state index contributed by atoms with van der Waals surface area (Å²) < 4.78 is 13.0. The summed E-state index contributed by atoms with van der Waals surface area (Å²) in [6, 6.07) is 11.8. The number of rotatable bonds is 4. The molecule has 39 heavy (non-hydrogen) atoms. The van der Waals surface area contributed by atoms with Gasteiger partial charge in [0, 0.05) is 18.9 Å². The van der Waals surface area contributed by atoms with E-state index in [4.69, 9.17) is 14.5 Å². The summed E-state index contributed by atoms with van der Waals surface area (Å²) in [6.45, 7) is 6.51. The summed E-state index contributed by atoms with van der Waals surface area (Å²) >= 11 is 0. The molecule has 1 N–H and O–H groups in total. The Kier molecular flexibility index (Phi) is 5.63. The summed E-state index contributed by atoms with van der Waals surface area (Å²) in [6.07, 6.45) is -1.98. The number of anilines is 1. The minimum atomic E-state index is -1.44. The fourth-order valence-electron chi connectivity index (χ4n) is 6.13. The second-order valence-corrected chi connectivity index (χ2v) is 10.6. The van der Waals surface area contributed by atoms with Crippen molar-refractivity contribution in [1.82, 2.24) is 14.6 Å². The van der Waals surface area contributed by atoms with Crippen molar-refractivity contribution in [3.05, 3.63) is 70.3 Å². The fourth-order valence-corrected chi connectivity index (χ4v) is 6.13. The van der Waals surface area contributed by atoms with Gasteiger partial charge in [-0.3, -0.25) is 23.9 Å². The van der Waals surface area contributed by atoms with Gasteiger partial charge in [-0.05, 0) is 31.0 Å². The zero-order valence-electron chi connectivity index (χ0n) is 21.9. The van der Waals surface area contributed by atoms with E-state index in [0.29, 0.717) is 22.2 Å². The van der Waals surface area contributed by atoms with Crippen LogP contribution in [0.2, 0.25) is 0 Å². The Balaban J connectivity index is 1.56. The number of carbonyl (C=O) groups is 3. The monoisotopic (exact) mass is 532 g/mol. The van der Waals surface area contributed by atoms with Crippen molar-refractivity contribution < 1.29 is 29.1 Å². The van der Waals surface area contributed by atoms with Crippen LogP contribution in [0.5, 0.6) is 0 Å². The van der Waals surface area contributed by atoms with E-state index in [-0.39, 0.29) is 24.1 Å². The first-order valence-electron chi connectivity index (χ1n) is 12.9. The van der Waals surface area contributed by atoms with Crippen LogP contribution in [0.25, 0.3) is 10.9 Å². The molecule has 3 aliphatic rings. The van der Waals surface area contributed by atoms with Crippen LogP contribution >= 0.6 is 0 Å². The number of nitrogens with zero attached hydrogens (tertiary/aromatic N) is 4. The van der Waals surface area contributed by atoms with Gasteiger partial charge in [-0.1, -0.05) is 44.2 Å². The smallest absolute Gasteiger partial charge is 0.330 e. The van der Waals surface area contributed by atoms with Gasteiger partial charge in [0.1, 0.15) is 12.1 Å². The number of hydroxylamine groups is 2. The van der Waals surface area contributed by atoms with Gasteiger partial charge >= 0.3 is 11.9 Å². The molecule has 0 unspecified atom stereocenters. The number of carbonyl (C=O) groups excluding carboxylic acids is 3. The van der Waals surface area contributed by atoms with Crippen molar-refractivity contribution in [2.75, 3.05) is 4.90 Å². The first kappa shape index (κ1) is 25.2. The van der Waals surface area contributed by atoms with Gasteiger partial charge in [0.2, 0.25) is 5.91 Å². The molecule has 2 fully saturated rings. The second kappa shape index (κ2) is 8.72. The lowest BCUT2D eigenvalue weighted by atomic mass is 9.88. The van der Waals surface area contributed by atoms with E-state index in [1.807, 2.05) is 13.8 Å². The Hall–Kier alpha value is -4.09. The van der Waals surface area contributed by atoms with Crippen molar-refractivity contribution in [2.24, 2.45) is 5.92 Å². The number of hydrogen-bond acceptors (Lipinski definition) is 9. The standard InChI is InChI=1S/C28H28N4O7/c1-14(2)22(38-16(4)33)23-29-19-11-7-5-9-17(19)25(35)30(23)21-13-28(39-26(21)36)18-10-6-8-12-20(18)31-24(34)15(3)32(37)27(28)31/h5-12,14-15,21-22,27,37H,13H2,1-4H3/t15-,21+,22+,27+,28-/m0/s1. The third kappa shape index (κ3) is 3.46. The number of aromatic nitrogens is 2. The molecule has 3 aromatic rings. The number of fused-ring (bicyclic) bond motifs is 6. The van der Waals surface area contributed by atoms with Crippen LogP contribution in [-0.2, 0) is 29.5 Å². The van der Waals surface area contributed by atoms with Crippen LogP contribution in [0.15, 0.2) is 53.3 Å². The highest BCUT2D eigenvalue weighted by molar-refractivity contribution is 6.02. The summed E-state index contributed by atoms with van der Waals surface area (Å²) in [5.74, 6) is -1.74. The van der Waals surface area contributed by atoms with Gasteiger partial charge in [-0.15, -0.1) is 0 Å². The minimum Gasteiger partial charge on any atom is -0.454 e. The molecule has 3 aliphatic heterocycles. The zero-order chi connectivity index (χ0) is 27.8. The number of hydrogen-bond donors (Lipinski definition) is 1. The van der Waals surface area contributed by atoms with Crippen LogP contribution < -0.4 is 10.5 Å². The van der Waals surface area contributed by atoms with Crippen LogP contribution in [-0.4, -0.2) is 49.9 Å². The molecule has 0 radical (unpaired) electrons. The number of ether oxygens (including phenoxy) is 2. The van der Waals surface area contributed by atoms with Crippen molar-refractivity contribution >= 4 is 34.4 Å². The number of amides is 1. The van der Waals surface area contributed by atoms with Crippen molar-refractivity contribution in [3.63, 3.8) is 0 Å². The van der Waals surface area contributed by atoms with Gasteiger partial charge in [-0.25, -0.2) is 9.78 Å². The van der Waals surface area contributed by atoms with Crippen molar-refractivity contribution in [3.8, 4) is 0 Å². The van der Waals surface area contributed by atoms with Crippen LogP contribution in [0.1, 0.15) is 57.6 Å². The zero-order valence-corrected chi connectivity index (χ0v) is 21.9. The highest BCUT2D eigenvalue weighted by Gasteiger charge is 2.67. The highest BCUT2D eigenvalue weighted by Crippen LogP contribution is 2.57. The number of esters is 2. The Morgan fingerprint density at radius 3 is 2.54 bits per heavy atom. The molecule has 6 rings (SSSR count). The number of benzene rings is 2. The third-order valence-corrected chi connectivity index (χ3v) is 7.87. The topological polar surface area (TPSA) is 131 Å². The van der Waals surface area contributed by atoms with Crippen LogP contribution in [0, 0.1) is 5.92 Å². The van der Waals surface area contributed by atoms with E-state index >= 15 is 0 Å². The molecule has 1 aromatic heterocycles. The Morgan fingerprint density at radius 1 is 1.13 bits per heavy atom. The molecule has 4 heterocycles. The molecule has 2 saturated heterocycles. The maximum atomic E-state index is 14.0. The lowest BCUT2D eigenvalue weighted by molar-refractivity contribution is -0.190. The quantitative estimate of drug-likeness (QED) is 0.504. The van der Waals surface area contributed by atoms with Gasteiger partial charge in [0.05, 0.1) is 16.6 Å². The van der Waals surface area contributed by atoms with Crippen molar-refractivity contribution in [2.45, 2.75) is 64.1 Å². The molecule has 5 atom stereocenters. The first-order valence-corrected chi connectivity index (χ1v) is 12.9. The minimum absolute atomic E-state index is 0.0567. The average Bonchev–Trinajstić information content (AvgIpc) is 3.47. The SMILES string of the molecule is CC(=O)O[C@@H](c1nc2ccccc2c(=O)n1[C@@H]1C[C@]2(OC1=O)c1ccccc1N1C(=O)[C@H](C)N(O)[C@@H]12)C(C)C. The van der Waals surface area contributed by atoms with Gasteiger partial charge < -0.3 is 14.7 Å². The molecule has 0 aliphatic carbocycles. The Labute approximate surface area is 223 Å². The molecular formula is C28H28N4O7. The van der Waals surface area contributed by atoms with E-state index in [0.717, 1.165) is 5.06 Å². The maximum Gasteiger partial charge on any atom is 0.330 e. The summed E-state index contributed by atoms with van der Waals surface area (Å²) in [7, 11) is 0. The summed E-state index contributed by atoms with van der Waals surface area (Å²) in [4.78, 5) is 59.1. The Morgan fingerprint density at radius 2 is 1.82 bits per heavy atom. The molecule has 2 aromatic carbocycles. The van der Waals surface area contributed by atoms with E-state index in [9.17, 15) is 24.4 Å². The predicted molar refractivity (Wildman–Crippen MR) is 138 cm³/mol. The highest BCUT2D eigenvalue weighted by atomic mass is 16.6.